The molecule has 150 valence electrons. The molecule has 1 aliphatic rings. The number of hydrogen-bond acceptors (Lipinski definition) is 4. The minimum Gasteiger partial charge on any atom is -0.493 e. The van der Waals surface area contributed by atoms with Crippen molar-refractivity contribution in [2.75, 3.05) is 26.2 Å². The Labute approximate surface area is 165 Å². The first-order valence-corrected chi connectivity index (χ1v) is 9.76. The fourth-order valence-corrected chi connectivity index (χ4v) is 3.27. The van der Waals surface area contributed by atoms with E-state index in [1.54, 1.807) is 17.0 Å². The number of piperazine rings is 1. The maximum absolute atomic E-state index is 14.1. The molecule has 0 saturated carbocycles. The van der Waals surface area contributed by atoms with Crippen LogP contribution in [0.25, 0.3) is 0 Å². The van der Waals surface area contributed by atoms with Crippen LogP contribution in [0.3, 0.4) is 0 Å². The summed E-state index contributed by atoms with van der Waals surface area (Å²) >= 11 is 0. The Bertz CT molecular complexity index is 770. The summed E-state index contributed by atoms with van der Waals surface area (Å²) < 4.78 is 25.2. The highest BCUT2D eigenvalue weighted by Gasteiger charge is 2.26. The van der Waals surface area contributed by atoms with Crippen LogP contribution in [0.4, 0.5) is 9.18 Å². The van der Waals surface area contributed by atoms with Crippen molar-refractivity contribution in [1.29, 1.82) is 0 Å². The first-order chi connectivity index (χ1) is 13.7. The molecule has 1 amide bonds. The van der Waals surface area contributed by atoms with Crippen molar-refractivity contribution in [1.82, 2.24) is 10.2 Å². The van der Waals surface area contributed by atoms with Crippen LogP contribution in [0.15, 0.2) is 48.5 Å². The van der Waals surface area contributed by atoms with Crippen molar-refractivity contribution >= 4 is 6.09 Å². The first-order valence-electron chi connectivity index (χ1n) is 9.76. The van der Waals surface area contributed by atoms with Gasteiger partial charge in [0.25, 0.3) is 0 Å². The smallest absolute Gasteiger partial charge is 0.410 e. The average molecular weight is 386 g/mol. The normalized spacial score (nSPS) is 16.6. The van der Waals surface area contributed by atoms with Gasteiger partial charge in [0.15, 0.2) is 0 Å². The quantitative estimate of drug-likeness (QED) is 0.787. The number of carbonyl (C=O) groups is 1. The van der Waals surface area contributed by atoms with E-state index in [0.29, 0.717) is 24.5 Å². The van der Waals surface area contributed by atoms with E-state index >= 15 is 0 Å². The predicted octanol–water partition coefficient (Wildman–Crippen LogP) is 3.77. The Morgan fingerprint density at radius 3 is 2.86 bits per heavy atom. The molecule has 2 aromatic rings. The minimum absolute atomic E-state index is 0.110. The van der Waals surface area contributed by atoms with Gasteiger partial charge in [0.1, 0.15) is 18.2 Å². The van der Waals surface area contributed by atoms with E-state index in [9.17, 15) is 9.18 Å². The molecular formula is C22H27FN2O3. The fourth-order valence-electron chi connectivity index (χ4n) is 3.27. The van der Waals surface area contributed by atoms with Crippen molar-refractivity contribution in [3.63, 3.8) is 0 Å². The number of rotatable bonds is 7. The molecule has 0 unspecified atom stereocenters. The van der Waals surface area contributed by atoms with Gasteiger partial charge < -0.3 is 19.7 Å². The summed E-state index contributed by atoms with van der Waals surface area (Å²) in [6.45, 7) is 4.51. The number of amides is 1. The molecule has 1 fully saturated rings. The van der Waals surface area contributed by atoms with E-state index < -0.39 is 11.9 Å². The van der Waals surface area contributed by atoms with Crippen LogP contribution in [0, 0.1) is 5.82 Å². The molecule has 6 heteroatoms. The summed E-state index contributed by atoms with van der Waals surface area (Å²) in [4.78, 5) is 14.1. The second-order valence-corrected chi connectivity index (χ2v) is 6.85. The van der Waals surface area contributed by atoms with Gasteiger partial charge in [-0.2, -0.15) is 0 Å². The van der Waals surface area contributed by atoms with Crippen molar-refractivity contribution in [2.24, 2.45) is 0 Å². The summed E-state index contributed by atoms with van der Waals surface area (Å²) in [5, 5.41) is 3.27. The number of carbonyl (C=O) groups excluding carboxylic acids is 1. The monoisotopic (exact) mass is 386 g/mol. The summed E-state index contributed by atoms with van der Waals surface area (Å²) in [6, 6.07) is 14.7. The highest BCUT2D eigenvalue weighted by Crippen LogP contribution is 2.19. The molecule has 0 aromatic heterocycles. The lowest BCUT2D eigenvalue weighted by Crippen LogP contribution is -2.53. The molecule has 1 heterocycles. The second-order valence-electron chi connectivity index (χ2n) is 6.85. The Morgan fingerprint density at radius 2 is 2.07 bits per heavy atom. The molecule has 0 aliphatic carbocycles. The first kappa shape index (κ1) is 20.1. The van der Waals surface area contributed by atoms with E-state index in [1.165, 1.54) is 11.6 Å². The predicted molar refractivity (Wildman–Crippen MR) is 106 cm³/mol. The lowest BCUT2D eigenvalue weighted by Gasteiger charge is -2.34. The highest BCUT2D eigenvalue weighted by atomic mass is 19.1. The molecule has 3 rings (SSSR count). The van der Waals surface area contributed by atoms with Crippen molar-refractivity contribution in [3.8, 4) is 5.75 Å². The number of halogens is 1. The summed E-state index contributed by atoms with van der Waals surface area (Å²) in [5.41, 5.74) is 1.49. The summed E-state index contributed by atoms with van der Waals surface area (Å²) in [5.74, 6) is 0.160. The van der Waals surface area contributed by atoms with Crippen molar-refractivity contribution in [2.45, 2.75) is 32.4 Å². The van der Waals surface area contributed by atoms with Crippen molar-refractivity contribution in [3.05, 3.63) is 65.5 Å². The van der Waals surface area contributed by atoms with Crippen LogP contribution in [-0.4, -0.2) is 43.3 Å². The Hall–Kier alpha value is -2.60. The maximum atomic E-state index is 14.1. The topological polar surface area (TPSA) is 50.8 Å². The van der Waals surface area contributed by atoms with Gasteiger partial charge in [0.2, 0.25) is 0 Å². The van der Waals surface area contributed by atoms with Gasteiger partial charge in [-0.1, -0.05) is 37.3 Å². The van der Waals surface area contributed by atoms with Crippen LogP contribution in [0.5, 0.6) is 5.75 Å². The molecule has 5 nitrogen and oxygen atoms in total. The van der Waals surface area contributed by atoms with E-state index in [0.717, 1.165) is 25.9 Å². The standard InChI is InChI=1S/C22H27FN2O3/c1-2-19-15-24-11-12-25(19)22(26)28-16-18-14-20(8-9-21(18)23)27-13-10-17-6-4-3-5-7-17/h3-9,14,19,24H,2,10-13,15-16H2,1H3/t19-/m1/s1. The molecule has 0 bridgehead atoms. The van der Waals surface area contributed by atoms with E-state index in [-0.39, 0.29) is 12.6 Å². The Morgan fingerprint density at radius 1 is 1.25 bits per heavy atom. The highest BCUT2D eigenvalue weighted by molar-refractivity contribution is 5.68. The van der Waals surface area contributed by atoms with Crippen LogP contribution in [0.2, 0.25) is 0 Å². The third-order valence-corrected chi connectivity index (χ3v) is 4.93. The molecule has 1 aliphatic heterocycles. The lowest BCUT2D eigenvalue weighted by atomic mass is 10.1. The zero-order valence-electron chi connectivity index (χ0n) is 16.2. The second kappa shape index (κ2) is 10.1. The number of nitrogens with zero attached hydrogens (tertiary/aromatic N) is 1. The molecule has 0 radical (unpaired) electrons. The third kappa shape index (κ3) is 5.45. The van der Waals surface area contributed by atoms with Crippen molar-refractivity contribution < 1.29 is 18.7 Å². The number of hydrogen-bond donors (Lipinski definition) is 1. The molecular weight excluding hydrogens is 359 g/mol. The van der Waals surface area contributed by atoms with E-state index in [1.807, 2.05) is 37.3 Å². The summed E-state index contributed by atoms with van der Waals surface area (Å²) in [7, 11) is 0. The van der Waals surface area contributed by atoms with Gasteiger partial charge in [0.05, 0.1) is 6.61 Å². The maximum Gasteiger partial charge on any atom is 0.410 e. The molecule has 0 spiro atoms. The van der Waals surface area contributed by atoms with Crippen LogP contribution in [0.1, 0.15) is 24.5 Å². The van der Waals surface area contributed by atoms with E-state index in [2.05, 4.69) is 5.32 Å². The average Bonchev–Trinajstić information content (AvgIpc) is 2.74. The molecule has 28 heavy (non-hydrogen) atoms. The largest absolute Gasteiger partial charge is 0.493 e. The Balaban J connectivity index is 1.53. The molecule has 1 saturated heterocycles. The number of nitrogens with one attached hydrogen (secondary N) is 1. The zero-order chi connectivity index (χ0) is 19.8. The minimum atomic E-state index is -0.407. The zero-order valence-corrected chi connectivity index (χ0v) is 16.2. The molecule has 1 N–H and O–H groups in total. The van der Waals surface area contributed by atoms with E-state index in [4.69, 9.17) is 9.47 Å². The van der Waals surface area contributed by atoms with Gasteiger partial charge in [-0.05, 0) is 30.2 Å². The van der Waals surface area contributed by atoms with Crippen LogP contribution in [-0.2, 0) is 17.8 Å². The third-order valence-electron chi connectivity index (χ3n) is 4.93. The molecule has 2 aromatic carbocycles. The van der Waals surface area contributed by atoms with Crippen LogP contribution < -0.4 is 10.1 Å². The van der Waals surface area contributed by atoms with Gasteiger partial charge in [-0.15, -0.1) is 0 Å². The number of benzene rings is 2. The van der Waals surface area contributed by atoms with Crippen LogP contribution >= 0.6 is 0 Å². The SMILES string of the molecule is CC[C@@H]1CNCCN1C(=O)OCc1cc(OCCc2ccccc2)ccc1F. The van der Waals surface area contributed by atoms with Gasteiger partial charge in [-0.3, -0.25) is 0 Å². The van der Waals surface area contributed by atoms with Gasteiger partial charge in [-0.25, -0.2) is 9.18 Å². The lowest BCUT2D eigenvalue weighted by molar-refractivity contribution is 0.0706. The van der Waals surface area contributed by atoms with Gasteiger partial charge in [0, 0.05) is 37.7 Å². The Kier molecular flexibility index (Phi) is 7.25. The molecule has 1 atom stereocenters. The van der Waals surface area contributed by atoms with Gasteiger partial charge >= 0.3 is 6.09 Å². The number of ether oxygens (including phenoxy) is 2. The summed E-state index contributed by atoms with van der Waals surface area (Å²) in [6.07, 6.45) is 1.22. The fraction of sp³-hybridized carbons (Fsp3) is 0.409.